The molecule has 2 atom stereocenters. The van der Waals surface area contributed by atoms with Crippen molar-refractivity contribution in [2.24, 2.45) is 11.5 Å². The third-order valence-corrected chi connectivity index (χ3v) is 3.96. The molecule has 0 aromatic heterocycles. The van der Waals surface area contributed by atoms with E-state index in [9.17, 15) is 0 Å². The number of fused-ring (bicyclic) bond motifs is 1. The van der Waals surface area contributed by atoms with Crippen molar-refractivity contribution in [1.82, 2.24) is 0 Å². The predicted octanol–water partition coefficient (Wildman–Crippen LogP) is 2.19. The van der Waals surface area contributed by atoms with Gasteiger partial charge in [-0.3, -0.25) is 0 Å². The van der Waals surface area contributed by atoms with Crippen molar-refractivity contribution in [3.63, 3.8) is 0 Å². The second kappa shape index (κ2) is 5.65. The van der Waals surface area contributed by atoms with Crippen LogP contribution in [-0.2, 0) is 13.0 Å². The molecule has 0 saturated heterocycles. The minimum Gasteiger partial charge on any atom is -0.492 e. The Bertz CT molecular complexity index is 583. The van der Waals surface area contributed by atoms with Gasteiger partial charge >= 0.3 is 0 Å². The highest BCUT2D eigenvalue weighted by Crippen LogP contribution is 2.35. The van der Waals surface area contributed by atoms with Gasteiger partial charge in [0.05, 0.1) is 0 Å². The molecule has 1 aliphatic heterocycles. The Morgan fingerprint density at radius 2 is 1.85 bits per heavy atom. The molecule has 3 nitrogen and oxygen atoms in total. The molecule has 1 heterocycles. The van der Waals surface area contributed by atoms with E-state index >= 15 is 0 Å². The van der Waals surface area contributed by atoms with Crippen LogP contribution in [0, 0.1) is 0 Å². The van der Waals surface area contributed by atoms with E-state index in [2.05, 4.69) is 30.3 Å². The molecule has 0 saturated carbocycles. The van der Waals surface area contributed by atoms with Crippen molar-refractivity contribution in [1.29, 1.82) is 0 Å². The maximum Gasteiger partial charge on any atom is 0.122 e. The highest BCUT2D eigenvalue weighted by atomic mass is 16.5. The van der Waals surface area contributed by atoms with E-state index in [1.165, 1.54) is 11.1 Å². The van der Waals surface area contributed by atoms with Gasteiger partial charge in [-0.2, -0.15) is 0 Å². The average molecular weight is 268 g/mol. The summed E-state index contributed by atoms with van der Waals surface area (Å²) in [6.07, 6.45) is 0.937. The zero-order valence-corrected chi connectivity index (χ0v) is 11.5. The van der Waals surface area contributed by atoms with Crippen molar-refractivity contribution >= 4 is 0 Å². The molecule has 3 rings (SSSR count). The standard InChI is InChI=1S/C17H20N2O/c18-10-13-6-7-17-15(9-13)14(16(19)11-20-17)8-12-4-2-1-3-5-12/h1-7,9,14,16H,8,10-11,18-19H2. The van der Waals surface area contributed by atoms with Crippen molar-refractivity contribution in [2.75, 3.05) is 6.61 Å². The van der Waals surface area contributed by atoms with Crippen LogP contribution in [0.1, 0.15) is 22.6 Å². The van der Waals surface area contributed by atoms with Gasteiger partial charge in [0.1, 0.15) is 12.4 Å². The van der Waals surface area contributed by atoms with Crippen LogP contribution in [0.2, 0.25) is 0 Å². The Balaban J connectivity index is 1.94. The smallest absolute Gasteiger partial charge is 0.122 e. The Morgan fingerprint density at radius 1 is 1.05 bits per heavy atom. The first kappa shape index (κ1) is 13.2. The van der Waals surface area contributed by atoms with Gasteiger partial charge in [-0.25, -0.2) is 0 Å². The first-order valence-electron chi connectivity index (χ1n) is 7.03. The van der Waals surface area contributed by atoms with Gasteiger partial charge in [0, 0.05) is 18.5 Å². The highest BCUT2D eigenvalue weighted by Gasteiger charge is 2.28. The van der Waals surface area contributed by atoms with Gasteiger partial charge in [0.25, 0.3) is 0 Å². The van der Waals surface area contributed by atoms with Gasteiger partial charge in [0.15, 0.2) is 0 Å². The van der Waals surface area contributed by atoms with Gasteiger partial charge in [-0.15, -0.1) is 0 Å². The Kier molecular flexibility index (Phi) is 3.72. The first-order chi connectivity index (χ1) is 9.78. The van der Waals surface area contributed by atoms with Crippen molar-refractivity contribution < 1.29 is 4.74 Å². The topological polar surface area (TPSA) is 61.3 Å². The van der Waals surface area contributed by atoms with Crippen LogP contribution in [0.3, 0.4) is 0 Å². The van der Waals surface area contributed by atoms with E-state index in [4.69, 9.17) is 16.2 Å². The second-order valence-corrected chi connectivity index (χ2v) is 5.35. The lowest BCUT2D eigenvalue weighted by molar-refractivity contribution is 0.238. The van der Waals surface area contributed by atoms with Gasteiger partial charge in [0.2, 0.25) is 0 Å². The van der Waals surface area contributed by atoms with Gasteiger partial charge in [-0.1, -0.05) is 42.5 Å². The van der Waals surface area contributed by atoms with Crippen LogP contribution in [0.4, 0.5) is 0 Å². The van der Waals surface area contributed by atoms with E-state index < -0.39 is 0 Å². The van der Waals surface area contributed by atoms with Crippen molar-refractivity contribution in [3.05, 3.63) is 65.2 Å². The summed E-state index contributed by atoms with van der Waals surface area (Å²) < 4.78 is 5.74. The van der Waals surface area contributed by atoms with E-state index in [1.807, 2.05) is 18.2 Å². The average Bonchev–Trinajstić information content (AvgIpc) is 2.51. The molecule has 0 fully saturated rings. The summed E-state index contributed by atoms with van der Waals surface area (Å²) in [4.78, 5) is 0. The Hall–Kier alpha value is -1.84. The molecular weight excluding hydrogens is 248 g/mol. The van der Waals surface area contributed by atoms with Crippen LogP contribution in [0.25, 0.3) is 0 Å². The summed E-state index contributed by atoms with van der Waals surface area (Å²) in [6, 6.07) is 16.7. The summed E-state index contributed by atoms with van der Waals surface area (Å²) in [5, 5.41) is 0. The number of hydrogen-bond acceptors (Lipinski definition) is 3. The van der Waals surface area contributed by atoms with Crippen LogP contribution < -0.4 is 16.2 Å². The van der Waals surface area contributed by atoms with Crippen molar-refractivity contribution in [3.8, 4) is 5.75 Å². The lowest BCUT2D eigenvalue weighted by atomic mass is 9.84. The third kappa shape index (κ3) is 2.55. The number of benzene rings is 2. The molecule has 2 aromatic carbocycles. The molecule has 1 aliphatic rings. The van der Waals surface area contributed by atoms with Gasteiger partial charge in [-0.05, 0) is 29.2 Å². The molecule has 0 radical (unpaired) electrons. The molecule has 4 N–H and O–H groups in total. The molecular formula is C17H20N2O. The lowest BCUT2D eigenvalue weighted by Gasteiger charge is -2.32. The maximum absolute atomic E-state index is 6.28. The Morgan fingerprint density at radius 3 is 2.60 bits per heavy atom. The van der Waals surface area contributed by atoms with Crippen LogP contribution in [0.15, 0.2) is 48.5 Å². The molecule has 2 aromatic rings. The molecule has 0 spiro atoms. The zero-order valence-electron chi connectivity index (χ0n) is 11.5. The molecule has 20 heavy (non-hydrogen) atoms. The monoisotopic (exact) mass is 268 g/mol. The Labute approximate surface area is 119 Å². The lowest BCUT2D eigenvalue weighted by Crippen LogP contribution is -2.39. The molecule has 0 aliphatic carbocycles. The summed E-state index contributed by atoms with van der Waals surface area (Å²) in [5.41, 5.74) is 15.6. The molecule has 104 valence electrons. The summed E-state index contributed by atoms with van der Waals surface area (Å²) in [6.45, 7) is 1.12. The summed E-state index contributed by atoms with van der Waals surface area (Å²) in [5.74, 6) is 1.23. The van der Waals surface area contributed by atoms with E-state index in [0.717, 1.165) is 17.7 Å². The van der Waals surface area contributed by atoms with Crippen LogP contribution >= 0.6 is 0 Å². The van der Waals surface area contributed by atoms with E-state index in [0.29, 0.717) is 13.2 Å². The SMILES string of the molecule is NCc1ccc2c(c1)C(Cc1ccccc1)C(N)CO2. The fraction of sp³-hybridized carbons (Fsp3) is 0.294. The molecule has 0 bridgehead atoms. The number of hydrogen-bond donors (Lipinski definition) is 2. The minimum atomic E-state index is 0.0238. The van der Waals surface area contributed by atoms with Crippen LogP contribution in [0.5, 0.6) is 5.75 Å². The van der Waals surface area contributed by atoms with Gasteiger partial charge < -0.3 is 16.2 Å². The molecule has 0 amide bonds. The molecule has 2 unspecified atom stereocenters. The fourth-order valence-electron chi connectivity index (χ4n) is 2.81. The number of rotatable bonds is 3. The summed E-state index contributed by atoms with van der Waals surface area (Å²) >= 11 is 0. The van der Waals surface area contributed by atoms with E-state index in [1.54, 1.807) is 0 Å². The highest BCUT2D eigenvalue weighted by molar-refractivity contribution is 5.43. The first-order valence-corrected chi connectivity index (χ1v) is 7.03. The molecule has 3 heteroatoms. The minimum absolute atomic E-state index is 0.0238. The van der Waals surface area contributed by atoms with Crippen molar-refractivity contribution in [2.45, 2.75) is 24.9 Å². The maximum atomic E-state index is 6.28. The number of ether oxygens (including phenoxy) is 1. The normalized spacial score (nSPS) is 21.1. The third-order valence-electron chi connectivity index (χ3n) is 3.96. The number of nitrogens with two attached hydrogens (primary N) is 2. The fourth-order valence-corrected chi connectivity index (χ4v) is 2.81. The summed E-state index contributed by atoms with van der Waals surface area (Å²) in [7, 11) is 0. The largest absolute Gasteiger partial charge is 0.492 e. The zero-order chi connectivity index (χ0) is 13.9. The second-order valence-electron chi connectivity index (χ2n) is 5.35. The quantitative estimate of drug-likeness (QED) is 0.897. The predicted molar refractivity (Wildman–Crippen MR) is 80.7 cm³/mol. The van der Waals surface area contributed by atoms with E-state index in [-0.39, 0.29) is 12.0 Å². The van der Waals surface area contributed by atoms with Crippen LogP contribution in [-0.4, -0.2) is 12.6 Å².